The highest BCUT2D eigenvalue weighted by molar-refractivity contribution is 5.97. The fourth-order valence-corrected chi connectivity index (χ4v) is 1.54. The van der Waals surface area contributed by atoms with Crippen LogP contribution in [-0.2, 0) is 25.7 Å². The van der Waals surface area contributed by atoms with Crippen molar-refractivity contribution in [3.05, 3.63) is 35.9 Å². The molecule has 1 rings (SSSR count). The van der Waals surface area contributed by atoms with Gasteiger partial charge in [-0.3, -0.25) is 9.59 Å². The average molecular weight is 307 g/mol. The summed E-state index contributed by atoms with van der Waals surface area (Å²) in [4.78, 5) is 34.2. The number of benzene rings is 1. The van der Waals surface area contributed by atoms with Gasteiger partial charge in [-0.2, -0.15) is 0 Å². The SMILES string of the molecule is CCCCOC(=O)NCC(=O)CC(=O)OCc1ccccc1. The van der Waals surface area contributed by atoms with Crippen LogP contribution in [0.25, 0.3) is 0 Å². The maximum atomic E-state index is 11.5. The van der Waals surface area contributed by atoms with Gasteiger partial charge < -0.3 is 14.8 Å². The van der Waals surface area contributed by atoms with Gasteiger partial charge in [0, 0.05) is 0 Å². The number of hydrogen-bond acceptors (Lipinski definition) is 5. The van der Waals surface area contributed by atoms with Crippen LogP contribution in [0.15, 0.2) is 30.3 Å². The van der Waals surface area contributed by atoms with Gasteiger partial charge in [-0.1, -0.05) is 43.7 Å². The topological polar surface area (TPSA) is 81.7 Å². The zero-order chi connectivity index (χ0) is 16.2. The summed E-state index contributed by atoms with van der Waals surface area (Å²) in [5.74, 6) is -1.04. The number of nitrogens with one attached hydrogen (secondary N) is 1. The highest BCUT2D eigenvalue weighted by Crippen LogP contribution is 2.01. The molecule has 0 saturated carbocycles. The average Bonchev–Trinajstić information content (AvgIpc) is 2.52. The predicted octanol–water partition coefficient (Wildman–Crippen LogP) is 2.22. The van der Waals surface area contributed by atoms with E-state index in [4.69, 9.17) is 9.47 Å². The lowest BCUT2D eigenvalue weighted by Gasteiger charge is -2.06. The smallest absolute Gasteiger partial charge is 0.407 e. The standard InChI is InChI=1S/C16H21NO5/c1-2-3-9-21-16(20)17-11-14(18)10-15(19)22-12-13-7-5-4-6-8-13/h4-8H,2-3,9-12H2,1H3,(H,17,20). The molecule has 0 bridgehead atoms. The first kappa shape index (κ1) is 17.7. The molecule has 0 aliphatic heterocycles. The second-order valence-electron chi connectivity index (χ2n) is 4.70. The fraction of sp³-hybridized carbons (Fsp3) is 0.438. The van der Waals surface area contributed by atoms with Crippen LogP contribution in [0.3, 0.4) is 0 Å². The molecule has 22 heavy (non-hydrogen) atoms. The lowest BCUT2D eigenvalue weighted by atomic mass is 10.2. The molecule has 0 spiro atoms. The fourth-order valence-electron chi connectivity index (χ4n) is 1.54. The van der Waals surface area contributed by atoms with E-state index in [1.807, 2.05) is 37.3 Å². The minimum atomic E-state index is -0.653. The third-order valence-corrected chi connectivity index (χ3v) is 2.75. The van der Waals surface area contributed by atoms with E-state index in [1.165, 1.54) is 0 Å². The highest BCUT2D eigenvalue weighted by Gasteiger charge is 2.12. The molecule has 1 aromatic carbocycles. The first-order valence-corrected chi connectivity index (χ1v) is 7.23. The van der Waals surface area contributed by atoms with Crippen molar-refractivity contribution < 1.29 is 23.9 Å². The summed E-state index contributed by atoms with van der Waals surface area (Å²) < 4.78 is 9.81. The van der Waals surface area contributed by atoms with E-state index < -0.39 is 17.8 Å². The minimum Gasteiger partial charge on any atom is -0.460 e. The van der Waals surface area contributed by atoms with Gasteiger partial charge in [-0.05, 0) is 12.0 Å². The van der Waals surface area contributed by atoms with Crippen molar-refractivity contribution in [2.24, 2.45) is 0 Å². The molecule has 1 amide bonds. The first-order chi connectivity index (χ1) is 10.6. The highest BCUT2D eigenvalue weighted by atomic mass is 16.5. The van der Waals surface area contributed by atoms with Crippen molar-refractivity contribution in [2.45, 2.75) is 32.8 Å². The second kappa shape index (κ2) is 10.4. The van der Waals surface area contributed by atoms with Crippen LogP contribution in [0.4, 0.5) is 4.79 Å². The van der Waals surface area contributed by atoms with Crippen LogP contribution in [0, 0.1) is 0 Å². The van der Waals surface area contributed by atoms with E-state index in [-0.39, 0.29) is 19.6 Å². The Bertz CT molecular complexity index is 487. The summed E-state index contributed by atoms with van der Waals surface area (Å²) in [6.45, 7) is 2.17. The van der Waals surface area contributed by atoms with Crippen molar-refractivity contribution in [3.63, 3.8) is 0 Å². The normalized spacial score (nSPS) is 9.86. The van der Waals surface area contributed by atoms with Gasteiger partial charge in [0.05, 0.1) is 13.2 Å². The van der Waals surface area contributed by atoms with E-state index in [1.54, 1.807) is 0 Å². The molecule has 0 radical (unpaired) electrons. The molecular formula is C16H21NO5. The zero-order valence-corrected chi connectivity index (χ0v) is 12.7. The number of carbonyl (C=O) groups is 3. The van der Waals surface area contributed by atoms with E-state index in [9.17, 15) is 14.4 Å². The quantitative estimate of drug-likeness (QED) is 0.430. The van der Waals surface area contributed by atoms with E-state index in [0.29, 0.717) is 6.61 Å². The predicted molar refractivity (Wildman–Crippen MR) is 80.1 cm³/mol. The molecule has 0 aromatic heterocycles. The molecule has 0 saturated heterocycles. The van der Waals surface area contributed by atoms with Crippen LogP contribution >= 0.6 is 0 Å². The summed E-state index contributed by atoms with van der Waals surface area (Å²) in [6, 6.07) is 9.18. The number of unbranched alkanes of at least 4 members (excludes halogenated alkanes) is 1. The first-order valence-electron chi connectivity index (χ1n) is 7.23. The number of hydrogen-bond donors (Lipinski definition) is 1. The van der Waals surface area contributed by atoms with Crippen molar-refractivity contribution in [2.75, 3.05) is 13.2 Å². The molecule has 0 unspecified atom stereocenters. The number of ketones is 1. The number of rotatable bonds is 9. The van der Waals surface area contributed by atoms with Gasteiger partial charge in [-0.15, -0.1) is 0 Å². The largest absolute Gasteiger partial charge is 0.460 e. The van der Waals surface area contributed by atoms with E-state index in [2.05, 4.69) is 5.32 Å². The molecule has 1 N–H and O–H groups in total. The van der Waals surface area contributed by atoms with Crippen LogP contribution in [0.1, 0.15) is 31.7 Å². The Morgan fingerprint density at radius 2 is 1.82 bits per heavy atom. The number of alkyl carbamates (subject to hydrolysis) is 1. The van der Waals surface area contributed by atoms with Gasteiger partial charge >= 0.3 is 12.1 Å². The Morgan fingerprint density at radius 1 is 1.09 bits per heavy atom. The lowest BCUT2D eigenvalue weighted by Crippen LogP contribution is -2.31. The van der Waals surface area contributed by atoms with Crippen molar-refractivity contribution in [1.29, 1.82) is 0 Å². The Balaban J connectivity index is 2.16. The molecule has 1 aromatic rings. The second-order valence-corrected chi connectivity index (χ2v) is 4.70. The van der Waals surface area contributed by atoms with Crippen LogP contribution in [-0.4, -0.2) is 31.0 Å². The number of carbonyl (C=O) groups excluding carboxylic acids is 3. The summed E-state index contributed by atoms with van der Waals surface area (Å²) >= 11 is 0. The molecule has 6 nitrogen and oxygen atoms in total. The third kappa shape index (κ3) is 8.04. The van der Waals surface area contributed by atoms with Gasteiger partial charge in [0.2, 0.25) is 0 Å². The number of esters is 1. The molecule has 6 heteroatoms. The van der Waals surface area contributed by atoms with E-state index >= 15 is 0 Å². The molecule has 0 fully saturated rings. The summed E-state index contributed by atoms with van der Waals surface area (Å²) in [6.07, 6.45) is 0.661. The summed E-state index contributed by atoms with van der Waals surface area (Å²) in [5, 5.41) is 2.30. The maximum absolute atomic E-state index is 11.5. The summed E-state index contributed by atoms with van der Waals surface area (Å²) in [5.41, 5.74) is 0.848. The lowest BCUT2D eigenvalue weighted by molar-refractivity contribution is -0.147. The monoisotopic (exact) mass is 307 g/mol. The third-order valence-electron chi connectivity index (χ3n) is 2.75. The van der Waals surface area contributed by atoms with Crippen LogP contribution in [0.5, 0.6) is 0 Å². The Hall–Kier alpha value is -2.37. The zero-order valence-electron chi connectivity index (χ0n) is 12.7. The van der Waals surface area contributed by atoms with Gasteiger partial charge in [0.25, 0.3) is 0 Å². The van der Waals surface area contributed by atoms with Gasteiger partial charge in [0.15, 0.2) is 5.78 Å². The molecular weight excluding hydrogens is 286 g/mol. The van der Waals surface area contributed by atoms with Gasteiger partial charge in [0.1, 0.15) is 13.0 Å². The Morgan fingerprint density at radius 3 is 2.50 bits per heavy atom. The molecule has 120 valence electrons. The molecule has 0 heterocycles. The van der Waals surface area contributed by atoms with Crippen molar-refractivity contribution in [3.8, 4) is 0 Å². The van der Waals surface area contributed by atoms with E-state index in [0.717, 1.165) is 18.4 Å². The van der Waals surface area contributed by atoms with Gasteiger partial charge in [-0.25, -0.2) is 4.79 Å². The maximum Gasteiger partial charge on any atom is 0.407 e. The summed E-state index contributed by atoms with van der Waals surface area (Å²) in [7, 11) is 0. The molecule has 0 aliphatic rings. The van der Waals surface area contributed by atoms with Crippen molar-refractivity contribution >= 4 is 17.8 Å². The van der Waals surface area contributed by atoms with Crippen LogP contribution < -0.4 is 5.32 Å². The minimum absolute atomic E-state index is 0.124. The number of amides is 1. The number of Topliss-reactive ketones (excluding diaryl/α,β-unsaturated/α-hetero) is 1. The number of ether oxygens (including phenoxy) is 2. The van der Waals surface area contributed by atoms with Crippen LogP contribution in [0.2, 0.25) is 0 Å². The Kier molecular flexibility index (Phi) is 8.33. The Labute approximate surface area is 129 Å². The molecule has 0 aliphatic carbocycles. The molecule has 0 atom stereocenters. The van der Waals surface area contributed by atoms with Crippen molar-refractivity contribution in [1.82, 2.24) is 5.32 Å².